The van der Waals surface area contributed by atoms with E-state index in [4.69, 9.17) is 0 Å². The normalized spacial score (nSPS) is 24.1. The first kappa shape index (κ1) is 12.7. The lowest BCUT2D eigenvalue weighted by Crippen LogP contribution is -2.50. The summed E-state index contributed by atoms with van der Waals surface area (Å²) in [4.78, 5) is 16.1. The van der Waals surface area contributed by atoms with Gasteiger partial charge in [0, 0.05) is 39.1 Å². The number of rotatable bonds is 1. The van der Waals surface area contributed by atoms with Gasteiger partial charge in [0.2, 0.25) is 5.91 Å². The molecule has 1 aromatic rings. The van der Waals surface area contributed by atoms with Crippen molar-refractivity contribution in [3.63, 3.8) is 0 Å². The lowest BCUT2D eigenvalue weighted by molar-refractivity contribution is -0.131. The predicted molar refractivity (Wildman–Crippen MR) is 75.8 cm³/mol. The maximum absolute atomic E-state index is 11.5. The number of piperidine rings is 1. The Balaban J connectivity index is 1.69. The maximum atomic E-state index is 11.5. The summed E-state index contributed by atoms with van der Waals surface area (Å²) in [5.74, 6) is 0.224. The Morgan fingerprint density at radius 3 is 2.79 bits per heavy atom. The molecule has 0 saturated carbocycles. The molecule has 0 spiro atoms. The number of carbonyl (C=O) groups excluding carboxylic acids is 1. The van der Waals surface area contributed by atoms with E-state index in [1.54, 1.807) is 6.92 Å². The first-order valence-electron chi connectivity index (χ1n) is 7.30. The van der Waals surface area contributed by atoms with Crippen molar-refractivity contribution in [3.05, 3.63) is 35.4 Å². The summed E-state index contributed by atoms with van der Waals surface area (Å²) >= 11 is 0. The van der Waals surface area contributed by atoms with E-state index in [-0.39, 0.29) is 5.91 Å². The van der Waals surface area contributed by atoms with Crippen molar-refractivity contribution in [1.29, 1.82) is 0 Å². The highest BCUT2D eigenvalue weighted by Crippen LogP contribution is 2.24. The summed E-state index contributed by atoms with van der Waals surface area (Å²) in [5, 5.41) is 0. The zero-order valence-corrected chi connectivity index (χ0v) is 11.6. The fourth-order valence-corrected chi connectivity index (χ4v) is 3.37. The van der Waals surface area contributed by atoms with Crippen LogP contribution in [-0.2, 0) is 17.8 Å². The van der Waals surface area contributed by atoms with Crippen molar-refractivity contribution in [1.82, 2.24) is 9.80 Å². The number of fused-ring (bicyclic) bond motifs is 1. The van der Waals surface area contributed by atoms with Crippen molar-refractivity contribution < 1.29 is 4.79 Å². The molecule has 0 aliphatic carbocycles. The van der Waals surface area contributed by atoms with Gasteiger partial charge in [-0.1, -0.05) is 24.3 Å². The molecule has 1 atom stereocenters. The molecule has 0 N–H and O–H groups in total. The summed E-state index contributed by atoms with van der Waals surface area (Å²) in [6.07, 6.45) is 3.51. The molecule has 2 aliphatic rings. The van der Waals surface area contributed by atoms with Crippen LogP contribution < -0.4 is 0 Å². The van der Waals surface area contributed by atoms with Crippen LogP contribution in [-0.4, -0.2) is 41.4 Å². The number of likely N-dealkylation sites (tertiary alicyclic amines) is 1. The number of benzene rings is 1. The third-order valence-corrected chi connectivity index (χ3v) is 4.52. The molecule has 1 saturated heterocycles. The van der Waals surface area contributed by atoms with Gasteiger partial charge in [-0.2, -0.15) is 0 Å². The minimum atomic E-state index is 0.224. The van der Waals surface area contributed by atoms with Gasteiger partial charge in [0.25, 0.3) is 0 Å². The molecular formula is C16H22N2O. The average Bonchev–Trinajstić information content (AvgIpc) is 2.47. The summed E-state index contributed by atoms with van der Waals surface area (Å²) in [6, 6.07) is 9.30. The van der Waals surface area contributed by atoms with Gasteiger partial charge >= 0.3 is 0 Å². The second kappa shape index (κ2) is 5.33. The van der Waals surface area contributed by atoms with E-state index in [1.165, 1.54) is 17.5 Å². The predicted octanol–water partition coefficient (Wildman–Crippen LogP) is 2.06. The minimum Gasteiger partial charge on any atom is -0.341 e. The molecule has 2 aliphatic heterocycles. The van der Waals surface area contributed by atoms with Gasteiger partial charge in [-0.05, 0) is 30.4 Å². The molecule has 3 heteroatoms. The largest absolute Gasteiger partial charge is 0.341 e. The molecular weight excluding hydrogens is 236 g/mol. The Morgan fingerprint density at radius 2 is 2.00 bits per heavy atom. The first-order chi connectivity index (χ1) is 9.24. The molecule has 0 radical (unpaired) electrons. The fourth-order valence-electron chi connectivity index (χ4n) is 3.37. The summed E-state index contributed by atoms with van der Waals surface area (Å²) in [5.41, 5.74) is 2.96. The Bertz CT molecular complexity index is 472. The SMILES string of the molecule is CC(=O)N1CCC[C@H](N2CCc3ccccc3C2)C1. The van der Waals surface area contributed by atoms with Crippen LogP contribution >= 0.6 is 0 Å². The average molecular weight is 258 g/mol. The van der Waals surface area contributed by atoms with Crippen molar-refractivity contribution >= 4 is 5.91 Å². The molecule has 19 heavy (non-hydrogen) atoms. The van der Waals surface area contributed by atoms with Gasteiger partial charge in [-0.3, -0.25) is 9.69 Å². The molecule has 3 rings (SSSR count). The molecule has 0 aromatic heterocycles. The van der Waals surface area contributed by atoms with Crippen molar-refractivity contribution in [2.75, 3.05) is 19.6 Å². The van der Waals surface area contributed by atoms with Gasteiger partial charge in [-0.25, -0.2) is 0 Å². The van der Waals surface area contributed by atoms with Crippen LogP contribution in [0.15, 0.2) is 24.3 Å². The zero-order valence-electron chi connectivity index (χ0n) is 11.6. The van der Waals surface area contributed by atoms with E-state index in [2.05, 4.69) is 29.2 Å². The van der Waals surface area contributed by atoms with Crippen LogP contribution in [0.3, 0.4) is 0 Å². The highest BCUT2D eigenvalue weighted by molar-refractivity contribution is 5.73. The highest BCUT2D eigenvalue weighted by atomic mass is 16.2. The lowest BCUT2D eigenvalue weighted by Gasteiger charge is -2.41. The molecule has 3 nitrogen and oxygen atoms in total. The fraction of sp³-hybridized carbons (Fsp3) is 0.562. The molecule has 1 amide bonds. The van der Waals surface area contributed by atoms with Gasteiger partial charge in [0.1, 0.15) is 0 Å². The number of carbonyl (C=O) groups is 1. The van der Waals surface area contributed by atoms with Crippen LogP contribution in [0.2, 0.25) is 0 Å². The summed E-state index contributed by atoms with van der Waals surface area (Å²) in [6.45, 7) is 5.72. The molecule has 102 valence electrons. The molecule has 0 unspecified atom stereocenters. The Labute approximate surface area is 115 Å². The zero-order chi connectivity index (χ0) is 13.2. The van der Waals surface area contributed by atoms with E-state index in [1.807, 2.05) is 4.90 Å². The first-order valence-corrected chi connectivity index (χ1v) is 7.30. The lowest BCUT2D eigenvalue weighted by atomic mass is 9.96. The van der Waals surface area contributed by atoms with Crippen LogP contribution in [0, 0.1) is 0 Å². The standard InChI is InChI=1S/C16H22N2O/c1-13(19)17-9-4-7-16(12-17)18-10-8-14-5-2-3-6-15(14)11-18/h2-3,5-6,16H,4,7-12H2,1H3/t16-/m0/s1. The molecule has 1 aromatic carbocycles. The highest BCUT2D eigenvalue weighted by Gasteiger charge is 2.28. The van der Waals surface area contributed by atoms with Crippen LogP contribution in [0.5, 0.6) is 0 Å². The number of hydrogen-bond donors (Lipinski definition) is 0. The molecule has 0 bridgehead atoms. The van der Waals surface area contributed by atoms with Crippen molar-refractivity contribution in [2.45, 2.75) is 38.8 Å². The van der Waals surface area contributed by atoms with E-state index in [0.29, 0.717) is 6.04 Å². The second-order valence-electron chi connectivity index (χ2n) is 5.75. The smallest absolute Gasteiger partial charge is 0.219 e. The summed E-state index contributed by atoms with van der Waals surface area (Å²) in [7, 11) is 0. The van der Waals surface area contributed by atoms with Gasteiger partial charge < -0.3 is 4.90 Å². The van der Waals surface area contributed by atoms with E-state index in [9.17, 15) is 4.79 Å². The number of hydrogen-bond acceptors (Lipinski definition) is 2. The van der Waals surface area contributed by atoms with Crippen LogP contribution in [0.1, 0.15) is 30.9 Å². The summed E-state index contributed by atoms with van der Waals surface area (Å²) < 4.78 is 0. The third-order valence-electron chi connectivity index (χ3n) is 4.52. The van der Waals surface area contributed by atoms with Gasteiger partial charge in [0.15, 0.2) is 0 Å². The Morgan fingerprint density at radius 1 is 1.21 bits per heavy atom. The Kier molecular flexibility index (Phi) is 3.56. The topological polar surface area (TPSA) is 23.6 Å². The van der Waals surface area contributed by atoms with E-state index < -0.39 is 0 Å². The quantitative estimate of drug-likeness (QED) is 0.770. The molecule has 2 heterocycles. The second-order valence-corrected chi connectivity index (χ2v) is 5.75. The maximum Gasteiger partial charge on any atom is 0.219 e. The van der Waals surface area contributed by atoms with E-state index in [0.717, 1.165) is 39.0 Å². The third kappa shape index (κ3) is 2.66. The Hall–Kier alpha value is -1.35. The number of amides is 1. The van der Waals surface area contributed by atoms with Crippen molar-refractivity contribution in [3.8, 4) is 0 Å². The monoisotopic (exact) mass is 258 g/mol. The minimum absolute atomic E-state index is 0.224. The van der Waals surface area contributed by atoms with Gasteiger partial charge in [0.05, 0.1) is 0 Å². The van der Waals surface area contributed by atoms with E-state index >= 15 is 0 Å². The van der Waals surface area contributed by atoms with Crippen LogP contribution in [0.4, 0.5) is 0 Å². The molecule has 1 fully saturated rings. The van der Waals surface area contributed by atoms with Crippen LogP contribution in [0.25, 0.3) is 0 Å². The van der Waals surface area contributed by atoms with Crippen molar-refractivity contribution in [2.24, 2.45) is 0 Å². The number of nitrogens with zero attached hydrogens (tertiary/aromatic N) is 2. The van der Waals surface area contributed by atoms with Gasteiger partial charge in [-0.15, -0.1) is 0 Å².